The summed E-state index contributed by atoms with van der Waals surface area (Å²) in [6.07, 6.45) is 3.52. The molecule has 4 aromatic rings. The molecule has 7 nitrogen and oxygen atoms in total. The minimum atomic E-state index is -5.03. The molecule has 0 unspecified atom stereocenters. The fourth-order valence-electron chi connectivity index (χ4n) is 5.29. The molecule has 0 amide bonds. The highest BCUT2D eigenvalue weighted by molar-refractivity contribution is 7.92. The lowest BCUT2D eigenvalue weighted by molar-refractivity contribution is -0.275. The van der Waals surface area contributed by atoms with Crippen LogP contribution in [0, 0.1) is 6.92 Å². The van der Waals surface area contributed by atoms with Gasteiger partial charge in [0.25, 0.3) is 10.0 Å². The van der Waals surface area contributed by atoms with E-state index in [1.165, 1.54) is 31.4 Å². The third-order valence-electron chi connectivity index (χ3n) is 7.24. The molecule has 0 bridgehead atoms. The summed E-state index contributed by atoms with van der Waals surface area (Å²) in [5.41, 5.74) is 4.77. The average Bonchev–Trinajstić information content (AvgIpc) is 2.92. The van der Waals surface area contributed by atoms with Gasteiger partial charge in [0.1, 0.15) is 10.6 Å². The fourth-order valence-corrected chi connectivity index (χ4v) is 6.47. The molecule has 0 aliphatic heterocycles. The number of hydrogen-bond acceptors (Lipinski definition) is 6. The standard InChI is InChI=1S/C30H31F3N4O3S/c1-3-20-16-21(17-22-18-34-29(36-28(20)22)35-23-9-5-4-6-10-23)25-14-13-24(15-19(25)2)37-41(38,39)27-12-8-7-11-26(27)40-30(31,32)33/h7-8,11-18,23,37H,3-6,9-10H2,1-2H3,(H,34,35,36). The van der Waals surface area contributed by atoms with Gasteiger partial charge < -0.3 is 10.1 Å². The van der Waals surface area contributed by atoms with Crippen LogP contribution in [0.1, 0.15) is 50.2 Å². The van der Waals surface area contributed by atoms with Gasteiger partial charge in [0, 0.05) is 23.3 Å². The first-order valence-corrected chi connectivity index (χ1v) is 15.1. The number of ether oxygens (including phenoxy) is 1. The van der Waals surface area contributed by atoms with Gasteiger partial charge in [0.05, 0.1) is 5.52 Å². The molecule has 11 heteroatoms. The van der Waals surface area contributed by atoms with Crippen LogP contribution in [-0.2, 0) is 16.4 Å². The summed E-state index contributed by atoms with van der Waals surface area (Å²) in [4.78, 5) is 8.78. The number of para-hydroxylation sites is 1. The summed E-state index contributed by atoms with van der Waals surface area (Å²) in [6, 6.07) is 14.1. The lowest BCUT2D eigenvalue weighted by atomic mass is 9.95. The summed E-state index contributed by atoms with van der Waals surface area (Å²) in [5.74, 6) is -0.162. The molecule has 0 radical (unpaired) electrons. The van der Waals surface area contributed by atoms with Crippen LogP contribution in [0.5, 0.6) is 5.75 Å². The summed E-state index contributed by atoms with van der Waals surface area (Å²) in [6.45, 7) is 3.91. The van der Waals surface area contributed by atoms with Gasteiger partial charge in [-0.05, 0) is 84.8 Å². The Morgan fingerprint density at radius 3 is 2.49 bits per heavy atom. The number of hydrogen-bond donors (Lipinski definition) is 2. The van der Waals surface area contributed by atoms with E-state index >= 15 is 0 Å². The van der Waals surface area contributed by atoms with E-state index < -0.39 is 27.0 Å². The molecule has 0 spiro atoms. The molecule has 5 rings (SSSR count). The molecule has 2 N–H and O–H groups in total. The van der Waals surface area contributed by atoms with E-state index in [0.29, 0.717) is 12.0 Å². The molecule has 41 heavy (non-hydrogen) atoms. The number of halogens is 3. The van der Waals surface area contributed by atoms with E-state index in [1.807, 2.05) is 19.2 Å². The van der Waals surface area contributed by atoms with Crippen molar-refractivity contribution >= 4 is 32.6 Å². The molecule has 1 aliphatic carbocycles. The van der Waals surface area contributed by atoms with Gasteiger partial charge >= 0.3 is 6.36 Å². The minimum Gasteiger partial charge on any atom is -0.404 e. The third kappa shape index (κ3) is 6.73. The normalized spacial score (nSPS) is 14.7. The maximum absolute atomic E-state index is 13.0. The van der Waals surface area contributed by atoms with Gasteiger partial charge in [-0.15, -0.1) is 13.2 Å². The monoisotopic (exact) mass is 584 g/mol. The SMILES string of the molecule is CCc1cc(-c2ccc(NS(=O)(=O)c3ccccc3OC(F)(F)F)cc2C)cc2cnc(NC3CCCCC3)nc12. The Bertz CT molecular complexity index is 1670. The van der Waals surface area contributed by atoms with Crippen molar-refractivity contribution in [3.63, 3.8) is 0 Å². The van der Waals surface area contributed by atoms with E-state index in [1.54, 1.807) is 18.2 Å². The van der Waals surface area contributed by atoms with E-state index in [9.17, 15) is 21.6 Å². The first-order valence-electron chi connectivity index (χ1n) is 13.6. The Balaban J connectivity index is 1.41. The van der Waals surface area contributed by atoms with Crippen LogP contribution in [0.2, 0.25) is 0 Å². The molecular weight excluding hydrogens is 553 g/mol. The summed E-state index contributed by atoms with van der Waals surface area (Å²) in [5, 5.41) is 4.39. The zero-order valence-corrected chi connectivity index (χ0v) is 23.6. The van der Waals surface area contributed by atoms with Gasteiger partial charge in [-0.25, -0.2) is 18.4 Å². The quantitative estimate of drug-likeness (QED) is 0.221. The van der Waals surface area contributed by atoms with Crippen molar-refractivity contribution in [3.8, 4) is 16.9 Å². The van der Waals surface area contributed by atoms with Crippen LogP contribution < -0.4 is 14.8 Å². The number of aromatic nitrogens is 2. The van der Waals surface area contributed by atoms with Gasteiger partial charge in [0.15, 0.2) is 0 Å². The Labute approximate surface area is 237 Å². The first kappa shape index (κ1) is 28.7. The number of rotatable bonds is 8. The van der Waals surface area contributed by atoms with Crippen LogP contribution in [0.25, 0.3) is 22.0 Å². The van der Waals surface area contributed by atoms with Gasteiger partial charge in [-0.1, -0.05) is 44.4 Å². The highest BCUT2D eigenvalue weighted by Crippen LogP contribution is 2.34. The fraction of sp³-hybridized carbons (Fsp3) is 0.333. The predicted molar refractivity (Wildman–Crippen MR) is 154 cm³/mol. The Morgan fingerprint density at radius 2 is 1.78 bits per heavy atom. The molecule has 216 valence electrons. The number of alkyl halides is 3. The molecule has 1 saturated carbocycles. The molecule has 3 aromatic carbocycles. The van der Waals surface area contributed by atoms with Crippen molar-refractivity contribution in [1.82, 2.24) is 9.97 Å². The molecule has 0 saturated heterocycles. The molecular formula is C30H31F3N4O3S. The van der Waals surface area contributed by atoms with Crippen LogP contribution in [0.15, 0.2) is 65.7 Å². The second-order valence-electron chi connectivity index (χ2n) is 10.2. The summed E-state index contributed by atoms with van der Waals surface area (Å²) in [7, 11) is -4.36. The van der Waals surface area contributed by atoms with E-state index in [-0.39, 0.29) is 5.69 Å². The van der Waals surface area contributed by atoms with Crippen LogP contribution in [0.3, 0.4) is 0 Å². The molecule has 1 fully saturated rings. The number of sulfonamides is 1. The first-order chi connectivity index (χ1) is 19.5. The number of fused-ring (bicyclic) bond motifs is 1. The van der Waals surface area contributed by atoms with Crippen LogP contribution in [0.4, 0.5) is 24.8 Å². The van der Waals surface area contributed by atoms with Crippen molar-refractivity contribution in [2.45, 2.75) is 69.7 Å². The second kappa shape index (κ2) is 11.6. The number of anilines is 2. The Hall–Kier alpha value is -3.86. The zero-order chi connectivity index (χ0) is 29.2. The maximum atomic E-state index is 13.0. The second-order valence-corrected chi connectivity index (χ2v) is 11.9. The van der Waals surface area contributed by atoms with Crippen molar-refractivity contribution in [3.05, 3.63) is 71.9 Å². The Kier molecular flexibility index (Phi) is 8.08. The van der Waals surface area contributed by atoms with Crippen LogP contribution in [-0.4, -0.2) is 30.8 Å². The highest BCUT2D eigenvalue weighted by atomic mass is 32.2. The van der Waals surface area contributed by atoms with Gasteiger partial charge in [-0.3, -0.25) is 4.72 Å². The highest BCUT2D eigenvalue weighted by Gasteiger charge is 2.34. The van der Waals surface area contributed by atoms with Crippen molar-refractivity contribution < 1.29 is 26.3 Å². The lowest BCUT2D eigenvalue weighted by Crippen LogP contribution is -2.23. The number of nitrogens with zero attached hydrogens (tertiary/aromatic N) is 2. The van der Waals surface area contributed by atoms with Crippen LogP contribution >= 0.6 is 0 Å². The molecule has 1 aliphatic rings. The number of nitrogens with one attached hydrogen (secondary N) is 2. The smallest absolute Gasteiger partial charge is 0.404 e. The Morgan fingerprint density at radius 1 is 1.02 bits per heavy atom. The minimum absolute atomic E-state index is 0.214. The zero-order valence-electron chi connectivity index (χ0n) is 22.8. The molecule has 1 heterocycles. The largest absolute Gasteiger partial charge is 0.573 e. The van der Waals surface area contributed by atoms with Gasteiger partial charge in [0.2, 0.25) is 5.95 Å². The van der Waals surface area contributed by atoms with E-state index in [2.05, 4.69) is 32.7 Å². The molecule has 1 aromatic heterocycles. The van der Waals surface area contributed by atoms with E-state index in [4.69, 9.17) is 4.98 Å². The van der Waals surface area contributed by atoms with Gasteiger partial charge in [-0.2, -0.15) is 0 Å². The third-order valence-corrected chi connectivity index (χ3v) is 8.66. The molecule has 0 atom stereocenters. The van der Waals surface area contributed by atoms with Crippen molar-refractivity contribution in [2.24, 2.45) is 0 Å². The number of benzene rings is 3. The topological polar surface area (TPSA) is 93.2 Å². The summed E-state index contributed by atoms with van der Waals surface area (Å²) < 4.78 is 70.7. The number of aryl methyl sites for hydroxylation is 2. The lowest BCUT2D eigenvalue weighted by Gasteiger charge is -2.22. The van der Waals surface area contributed by atoms with Crippen molar-refractivity contribution in [1.29, 1.82) is 0 Å². The maximum Gasteiger partial charge on any atom is 0.573 e. The van der Waals surface area contributed by atoms with E-state index in [0.717, 1.165) is 64.6 Å². The van der Waals surface area contributed by atoms with Crippen molar-refractivity contribution in [2.75, 3.05) is 10.0 Å². The average molecular weight is 585 g/mol. The summed E-state index contributed by atoms with van der Waals surface area (Å²) >= 11 is 0. The predicted octanol–water partition coefficient (Wildman–Crippen LogP) is 7.61.